The van der Waals surface area contributed by atoms with Crippen LogP contribution in [-0.4, -0.2) is 40.2 Å². The highest BCUT2D eigenvalue weighted by Gasteiger charge is 2.31. The molecule has 0 saturated carbocycles. The van der Waals surface area contributed by atoms with Crippen molar-refractivity contribution >= 4 is 23.5 Å². The molecule has 27 heavy (non-hydrogen) atoms. The lowest BCUT2D eigenvalue weighted by Gasteiger charge is -2.17. The second-order valence-electron chi connectivity index (χ2n) is 5.60. The lowest BCUT2D eigenvalue weighted by molar-refractivity contribution is -0.159. The molecule has 8 nitrogen and oxygen atoms in total. The fourth-order valence-corrected chi connectivity index (χ4v) is 2.19. The number of carbonyl (C=O) groups is 3. The van der Waals surface area contributed by atoms with E-state index < -0.39 is 35.8 Å². The number of benzene rings is 2. The van der Waals surface area contributed by atoms with Gasteiger partial charge in [0.15, 0.2) is 6.10 Å². The third-order valence-electron chi connectivity index (χ3n) is 3.58. The quantitative estimate of drug-likeness (QED) is 0.547. The highest BCUT2D eigenvalue weighted by atomic mass is 19.1. The molecule has 0 bridgehead atoms. The van der Waals surface area contributed by atoms with E-state index in [9.17, 15) is 18.8 Å². The molecule has 0 fully saturated rings. The van der Waals surface area contributed by atoms with E-state index >= 15 is 0 Å². The van der Waals surface area contributed by atoms with Crippen LogP contribution in [0.3, 0.4) is 0 Å². The Morgan fingerprint density at radius 1 is 1.07 bits per heavy atom. The van der Waals surface area contributed by atoms with E-state index in [4.69, 9.17) is 20.7 Å². The highest BCUT2D eigenvalue weighted by Crippen LogP contribution is 2.15. The number of amides is 1. The van der Waals surface area contributed by atoms with E-state index in [1.165, 1.54) is 18.2 Å². The molecule has 0 unspecified atom stereocenters. The van der Waals surface area contributed by atoms with Gasteiger partial charge in [-0.25, -0.2) is 9.18 Å². The minimum absolute atomic E-state index is 0.224. The van der Waals surface area contributed by atoms with Crippen LogP contribution in [0.1, 0.15) is 15.9 Å². The number of nitrogens with one attached hydrogen (secondary N) is 1. The molecular weight excluding hydrogens is 359 g/mol. The molecule has 5 N–H and O–H groups in total. The predicted octanol–water partition coefficient (Wildman–Crippen LogP) is 1.46. The summed E-state index contributed by atoms with van der Waals surface area (Å²) in [5, 5.41) is 20.5. The second kappa shape index (κ2) is 8.88. The Bertz CT molecular complexity index is 840. The molecule has 0 radical (unpaired) electrons. The van der Waals surface area contributed by atoms with E-state index in [1.807, 2.05) is 0 Å². The number of rotatable bonds is 8. The summed E-state index contributed by atoms with van der Waals surface area (Å²) in [7, 11) is 0. The van der Waals surface area contributed by atoms with Gasteiger partial charge in [0.05, 0.1) is 6.61 Å². The maximum Gasteiger partial charge on any atom is 0.335 e. The van der Waals surface area contributed by atoms with Crippen LogP contribution >= 0.6 is 0 Å². The number of carbonyl (C=O) groups excluding carboxylic acids is 1. The first-order valence-electron chi connectivity index (χ1n) is 7.76. The number of hydrogen-bond donors (Lipinski definition) is 4. The average Bonchev–Trinajstić information content (AvgIpc) is 2.62. The topological polar surface area (TPSA) is 139 Å². The molecule has 142 valence electrons. The van der Waals surface area contributed by atoms with Crippen LogP contribution in [-0.2, 0) is 20.9 Å². The minimum Gasteiger partial charge on any atom is -0.480 e. The first-order chi connectivity index (χ1) is 12.8. The molecule has 1 amide bonds. The van der Waals surface area contributed by atoms with Gasteiger partial charge < -0.3 is 26.0 Å². The number of aliphatic carboxylic acids is 2. The Hall–Kier alpha value is -3.30. The van der Waals surface area contributed by atoms with Crippen molar-refractivity contribution in [3.05, 3.63) is 65.5 Å². The van der Waals surface area contributed by atoms with Crippen molar-refractivity contribution in [2.24, 2.45) is 5.73 Å². The van der Waals surface area contributed by atoms with Crippen LogP contribution in [0.25, 0.3) is 0 Å². The molecule has 0 spiro atoms. The zero-order valence-electron chi connectivity index (χ0n) is 14.0. The molecule has 0 aliphatic rings. The summed E-state index contributed by atoms with van der Waals surface area (Å²) in [4.78, 5) is 34.1. The number of hydrogen-bond acceptors (Lipinski definition) is 5. The first kappa shape index (κ1) is 20.0. The molecule has 9 heteroatoms. The van der Waals surface area contributed by atoms with E-state index in [2.05, 4.69) is 5.32 Å². The highest BCUT2D eigenvalue weighted by molar-refractivity contribution is 6.04. The van der Waals surface area contributed by atoms with Crippen molar-refractivity contribution in [2.75, 3.05) is 5.32 Å². The zero-order valence-corrected chi connectivity index (χ0v) is 14.0. The molecule has 0 aromatic heterocycles. The summed E-state index contributed by atoms with van der Waals surface area (Å²) < 4.78 is 18.0. The SMILES string of the molecule is N[C@H](C(=O)O)[C@H](OCc1cccc(NC(=O)c2ccc(F)cc2)c1)C(=O)O. The Balaban J connectivity index is 2.04. The summed E-state index contributed by atoms with van der Waals surface area (Å²) in [5.41, 5.74) is 6.47. The van der Waals surface area contributed by atoms with Gasteiger partial charge in [-0.3, -0.25) is 9.59 Å². The van der Waals surface area contributed by atoms with Gasteiger partial charge in [0.25, 0.3) is 5.91 Å². The van der Waals surface area contributed by atoms with Crippen molar-refractivity contribution in [1.29, 1.82) is 0 Å². The number of anilines is 1. The number of halogens is 1. The number of carboxylic acids is 2. The van der Waals surface area contributed by atoms with Crippen LogP contribution in [0.15, 0.2) is 48.5 Å². The monoisotopic (exact) mass is 376 g/mol. The predicted molar refractivity (Wildman–Crippen MR) is 92.6 cm³/mol. The summed E-state index contributed by atoms with van der Waals surface area (Å²) in [5.74, 6) is -3.91. The van der Waals surface area contributed by atoms with Gasteiger partial charge in [-0.15, -0.1) is 0 Å². The van der Waals surface area contributed by atoms with E-state index in [-0.39, 0.29) is 12.2 Å². The van der Waals surface area contributed by atoms with E-state index in [1.54, 1.807) is 18.2 Å². The van der Waals surface area contributed by atoms with Gasteiger partial charge in [-0.05, 0) is 42.0 Å². The largest absolute Gasteiger partial charge is 0.480 e. The van der Waals surface area contributed by atoms with Gasteiger partial charge in [0.2, 0.25) is 0 Å². The molecule has 2 atom stereocenters. The van der Waals surface area contributed by atoms with E-state index in [0.29, 0.717) is 11.3 Å². The van der Waals surface area contributed by atoms with Crippen LogP contribution in [0, 0.1) is 5.82 Å². The Labute approximate surface area is 153 Å². The fraction of sp³-hybridized carbons (Fsp3) is 0.167. The Morgan fingerprint density at radius 3 is 2.33 bits per heavy atom. The molecule has 2 aromatic carbocycles. The number of ether oxygens (including phenoxy) is 1. The fourth-order valence-electron chi connectivity index (χ4n) is 2.19. The molecule has 0 aliphatic heterocycles. The van der Waals surface area contributed by atoms with E-state index in [0.717, 1.165) is 12.1 Å². The summed E-state index contributed by atoms with van der Waals surface area (Å²) in [6.45, 7) is -0.224. The lowest BCUT2D eigenvalue weighted by Crippen LogP contribution is -2.47. The van der Waals surface area contributed by atoms with Gasteiger partial charge in [-0.1, -0.05) is 12.1 Å². The van der Waals surface area contributed by atoms with Crippen LogP contribution in [0.2, 0.25) is 0 Å². The van der Waals surface area contributed by atoms with Gasteiger partial charge in [-0.2, -0.15) is 0 Å². The zero-order chi connectivity index (χ0) is 20.0. The smallest absolute Gasteiger partial charge is 0.335 e. The molecule has 2 rings (SSSR count). The molecule has 0 saturated heterocycles. The molecular formula is C18H17FN2O6. The first-order valence-corrected chi connectivity index (χ1v) is 7.76. The standard InChI is InChI=1S/C18H17FN2O6/c19-12-6-4-11(5-7-12)16(22)21-13-3-1-2-10(8-13)9-27-15(18(25)26)14(20)17(23)24/h1-8,14-15H,9,20H2,(H,21,22)(H,23,24)(H,25,26)/t14-,15-/m0/s1. The van der Waals surface area contributed by atoms with Crippen molar-refractivity contribution in [2.45, 2.75) is 18.8 Å². The van der Waals surface area contributed by atoms with Crippen molar-refractivity contribution in [3.8, 4) is 0 Å². The van der Waals surface area contributed by atoms with Crippen molar-refractivity contribution < 1.29 is 33.7 Å². The lowest BCUT2D eigenvalue weighted by atomic mass is 10.1. The Kier molecular flexibility index (Phi) is 6.58. The van der Waals surface area contributed by atoms with Crippen LogP contribution in [0.4, 0.5) is 10.1 Å². The van der Waals surface area contributed by atoms with Crippen LogP contribution < -0.4 is 11.1 Å². The minimum atomic E-state index is -1.72. The van der Waals surface area contributed by atoms with Gasteiger partial charge in [0.1, 0.15) is 11.9 Å². The summed E-state index contributed by atoms with van der Waals surface area (Å²) in [6.07, 6.45) is -1.72. The second-order valence-corrected chi connectivity index (χ2v) is 5.60. The maximum atomic E-state index is 12.9. The molecule has 0 aliphatic carbocycles. The van der Waals surface area contributed by atoms with Gasteiger partial charge in [0, 0.05) is 11.3 Å². The third kappa shape index (κ3) is 5.59. The average molecular weight is 376 g/mol. The third-order valence-corrected chi connectivity index (χ3v) is 3.58. The molecule has 2 aromatic rings. The maximum absolute atomic E-state index is 12.9. The number of nitrogens with two attached hydrogens (primary N) is 1. The van der Waals surface area contributed by atoms with Crippen molar-refractivity contribution in [1.82, 2.24) is 0 Å². The Morgan fingerprint density at radius 2 is 1.74 bits per heavy atom. The molecule has 0 heterocycles. The number of carboxylic acid groups (broad SMARTS) is 2. The summed E-state index contributed by atoms with van der Waals surface area (Å²) in [6, 6.07) is 9.63. The normalized spacial score (nSPS) is 12.8. The summed E-state index contributed by atoms with van der Waals surface area (Å²) >= 11 is 0. The van der Waals surface area contributed by atoms with Crippen molar-refractivity contribution in [3.63, 3.8) is 0 Å². The van der Waals surface area contributed by atoms with Crippen LogP contribution in [0.5, 0.6) is 0 Å². The van der Waals surface area contributed by atoms with Gasteiger partial charge >= 0.3 is 11.9 Å².